The van der Waals surface area contributed by atoms with Gasteiger partial charge in [-0.2, -0.15) is 9.50 Å². The molecule has 1 aliphatic rings. The van der Waals surface area contributed by atoms with Crippen molar-refractivity contribution in [1.82, 2.24) is 14.6 Å². The van der Waals surface area contributed by atoms with Crippen molar-refractivity contribution in [2.75, 3.05) is 4.90 Å². The van der Waals surface area contributed by atoms with Gasteiger partial charge >= 0.3 is 0 Å². The maximum Gasteiger partial charge on any atom is 0.291 e. The van der Waals surface area contributed by atoms with Gasteiger partial charge < -0.3 is 4.90 Å². The summed E-state index contributed by atoms with van der Waals surface area (Å²) in [5.74, 6) is 0.276. The second-order valence-electron chi connectivity index (χ2n) is 10.1. The van der Waals surface area contributed by atoms with Crippen molar-refractivity contribution in [1.29, 1.82) is 0 Å². The molecule has 2 aromatic heterocycles. The summed E-state index contributed by atoms with van der Waals surface area (Å²) in [4.78, 5) is 33.9. The molecular weight excluding hydrogens is 504 g/mol. The Kier molecular flexibility index (Phi) is 5.51. The lowest BCUT2D eigenvalue weighted by Gasteiger charge is -2.18. The fourth-order valence-electron chi connectivity index (χ4n) is 4.56. The summed E-state index contributed by atoms with van der Waals surface area (Å²) in [6, 6.07) is 23.0. The van der Waals surface area contributed by atoms with E-state index in [9.17, 15) is 9.59 Å². The molecule has 0 atom stereocenters. The predicted octanol–water partition coefficient (Wildman–Crippen LogP) is 5.23. The summed E-state index contributed by atoms with van der Waals surface area (Å²) in [7, 11) is 0. The van der Waals surface area contributed by atoms with Crippen LogP contribution in [0.25, 0.3) is 21.9 Å². The Labute approximate surface area is 222 Å². The number of para-hydroxylation sites is 1. The van der Waals surface area contributed by atoms with Crippen molar-refractivity contribution in [2.24, 2.45) is 0 Å². The fraction of sp³-hybridized carbons (Fsp3) is 0.172. The van der Waals surface area contributed by atoms with E-state index in [1.54, 1.807) is 17.0 Å². The molecule has 5 aromatic rings. The first-order valence-electron chi connectivity index (χ1n) is 11.9. The quantitative estimate of drug-likeness (QED) is 0.323. The molecule has 0 saturated carbocycles. The van der Waals surface area contributed by atoms with Crippen molar-refractivity contribution < 1.29 is 4.79 Å². The number of hydrogen-bond donors (Lipinski definition) is 0. The van der Waals surface area contributed by atoms with Crippen LogP contribution in [0.15, 0.2) is 77.6 Å². The van der Waals surface area contributed by atoms with Crippen LogP contribution in [0.4, 0.5) is 5.69 Å². The van der Waals surface area contributed by atoms with E-state index in [2.05, 4.69) is 43.0 Å². The smallest absolute Gasteiger partial charge is 0.291 e. The minimum Gasteiger partial charge on any atom is -0.303 e. The third-order valence-corrected chi connectivity index (χ3v) is 7.85. The topological polar surface area (TPSA) is 67.6 Å². The van der Waals surface area contributed by atoms with Crippen LogP contribution in [-0.2, 0) is 16.8 Å². The van der Waals surface area contributed by atoms with Crippen molar-refractivity contribution in [2.45, 2.75) is 32.7 Å². The molecule has 37 heavy (non-hydrogen) atoms. The maximum atomic E-state index is 13.7. The lowest BCUT2D eigenvalue weighted by atomic mass is 9.87. The molecule has 184 valence electrons. The number of nitrogens with zero attached hydrogens (tertiary/aromatic N) is 4. The van der Waals surface area contributed by atoms with Gasteiger partial charge in [-0.15, -0.1) is 5.10 Å². The van der Waals surface area contributed by atoms with E-state index < -0.39 is 0 Å². The first-order valence-corrected chi connectivity index (χ1v) is 13.1. The highest BCUT2D eigenvalue weighted by atomic mass is 35.5. The standard InChI is InChI=1S/C29H23ClN4O2S/c1-29(2,3)19-12-10-18(11-13-19)25-31-28-34(32-25)27(36)24(37-28)23-21-6-4-5-7-22(21)33(26(23)35)16-17-8-14-20(30)15-9-17/h4-15H,16H2,1-3H3/b24-23-. The first-order chi connectivity index (χ1) is 17.7. The number of rotatable bonds is 3. The van der Waals surface area contributed by atoms with Crippen LogP contribution in [0.5, 0.6) is 0 Å². The average molecular weight is 527 g/mol. The molecule has 6 nitrogen and oxygen atoms in total. The molecule has 8 heteroatoms. The van der Waals surface area contributed by atoms with Gasteiger partial charge in [0.15, 0.2) is 5.82 Å². The summed E-state index contributed by atoms with van der Waals surface area (Å²) >= 11 is 7.23. The van der Waals surface area contributed by atoms with Gasteiger partial charge in [-0.3, -0.25) is 9.59 Å². The van der Waals surface area contributed by atoms with E-state index in [0.717, 1.165) is 22.4 Å². The summed E-state index contributed by atoms with van der Waals surface area (Å²) in [6.07, 6.45) is 0. The SMILES string of the molecule is CC(C)(C)c1ccc(-c2nc3s/c(=C4\C(=O)N(Cc5ccc(Cl)cc5)c5ccccc54)c(=O)n3n2)cc1. The van der Waals surface area contributed by atoms with Crippen molar-refractivity contribution in [3.63, 3.8) is 0 Å². The highest BCUT2D eigenvalue weighted by Crippen LogP contribution is 2.36. The number of halogens is 1. The molecular formula is C29H23ClN4O2S. The number of anilines is 1. The van der Waals surface area contributed by atoms with Gasteiger partial charge in [0, 0.05) is 16.1 Å². The Hall–Kier alpha value is -3.81. The predicted molar refractivity (Wildman–Crippen MR) is 148 cm³/mol. The molecule has 3 aromatic carbocycles. The van der Waals surface area contributed by atoms with Gasteiger partial charge in [0.1, 0.15) is 4.53 Å². The molecule has 6 rings (SSSR count). The Bertz CT molecular complexity index is 1780. The van der Waals surface area contributed by atoms with E-state index in [1.165, 1.54) is 21.4 Å². The second-order valence-corrected chi connectivity index (χ2v) is 11.5. The summed E-state index contributed by atoms with van der Waals surface area (Å²) < 4.78 is 1.65. The van der Waals surface area contributed by atoms with E-state index in [0.29, 0.717) is 32.5 Å². The number of fused-ring (bicyclic) bond motifs is 2. The van der Waals surface area contributed by atoms with Gasteiger partial charge in [0.05, 0.1) is 17.8 Å². The van der Waals surface area contributed by atoms with E-state index in [4.69, 9.17) is 11.6 Å². The van der Waals surface area contributed by atoms with Crippen molar-refractivity contribution >= 4 is 45.1 Å². The molecule has 3 heterocycles. The lowest BCUT2D eigenvalue weighted by Crippen LogP contribution is -2.32. The minimum atomic E-state index is -0.337. The molecule has 0 bridgehead atoms. The van der Waals surface area contributed by atoms with Crippen LogP contribution in [0.3, 0.4) is 0 Å². The van der Waals surface area contributed by atoms with Crippen LogP contribution < -0.4 is 15.0 Å². The van der Waals surface area contributed by atoms with Gasteiger partial charge in [-0.25, -0.2) is 0 Å². The molecule has 0 radical (unpaired) electrons. The third-order valence-electron chi connectivity index (χ3n) is 6.57. The Morgan fingerprint density at radius 2 is 1.62 bits per heavy atom. The minimum absolute atomic E-state index is 0.0420. The largest absolute Gasteiger partial charge is 0.303 e. The van der Waals surface area contributed by atoms with E-state index in [-0.39, 0.29) is 16.9 Å². The monoisotopic (exact) mass is 526 g/mol. The van der Waals surface area contributed by atoms with Crippen LogP contribution in [0.1, 0.15) is 37.5 Å². The summed E-state index contributed by atoms with van der Waals surface area (Å²) in [6.45, 7) is 6.86. The van der Waals surface area contributed by atoms with Gasteiger partial charge in [0.2, 0.25) is 4.96 Å². The molecule has 0 fully saturated rings. The van der Waals surface area contributed by atoms with Crippen LogP contribution in [0.2, 0.25) is 5.02 Å². The number of hydrogen-bond acceptors (Lipinski definition) is 5. The molecule has 0 aliphatic carbocycles. The van der Waals surface area contributed by atoms with Crippen molar-refractivity contribution in [3.05, 3.63) is 109 Å². The number of thiazole rings is 1. The summed E-state index contributed by atoms with van der Waals surface area (Å²) in [5, 5.41) is 5.13. The summed E-state index contributed by atoms with van der Waals surface area (Å²) in [5.41, 5.74) is 4.60. The fourth-order valence-corrected chi connectivity index (χ4v) is 5.68. The highest BCUT2D eigenvalue weighted by Gasteiger charge is 2.34. The Morgan fingerprint density at radius 1 is 0.919 bits per heavy atom. The van der Waals surface area contributed by atoms with Gasteiger partial charge in [0.25, 0.3) is 11.5 Å². The third kappa shape index (κ3) is 4.04. The number of benzene rings is 3. The second kappa shape index (κ2) is 8.64. The molecule has 0 N–H and O–H groups in total. The lowest BCUT2D eigenvalue weighted by molar-refractivity contribution is -0.113. The Balaban J connectivity index is 1.43. The average Bonchev–Trinajstić information content (AvgIpc) is 3.51. The van der Waals surface area contributed by atoms with Crippen molar-refractivity contribution in [3.8, 4) is 11.4 Å². The van der Waals surface area contributed by atoms with Crippen LogP contribution in [-0.4, -0.2) is 20.5 Å². The first kappa shape index (κ1) is 23.6. The van der Waals surface area contributed by atoms with E-state index in [1.807, 2.05) is 48.5 Å². The number of carbonyl (C=O) groups excluding carboxylic acids is 1. The number of amides is 1. The zero-order valence-electron chi connectivity index (χ0n) is 20.5. The van der Waals surface area contributed by atoms with E-state index >= 15 is 0 Å². The molecule has 1 aliphatic heterocycles. The zero-order valence-corrected chi connectivity index (χ0v) is 22.1. The highest BCUT2D eigenvalue weighted by molar-refractivity contribution is 7.15. The zero-order chi connectivity index (χ0) is 25.9. The molecule has 1 amide bonds. The number of carbonyl (C=O) groups is 1. The number of aromatic nitrogens is 3. The van der Waals surface area contributed by atoms with Crippen LogP contribution >= 0.6 is 22.9 Å². The molecule has 0 unspecified atom stereocenters. The Morgan fingerprint density at radius 3 is 2.30 bits per heavy atom. The van der Waals surface area contributed by atoms with Gasteiger partial charge in [-0.05, 0) is 34.7 Å². The normalized spacial score (nSPS) is 15.0. The van der Waals surface area contributed by atoms with Gasteiger partial charge in [-0.1, -0.05) is 98.3 Å². The maximum absolute atomic E-state index is 13.7. The van der Waals surface area contributed by atoms with Crippen LogP contribution in [0, 0.1) is 0 Å². The molecule has 0 saturated heterocycles. The molecule has 0 spiro atoms.